The molecule has 0 aromatic heterocycles. The van der Waals surface area contributed by atoms with Crippen LogP contribution in [0.1, 0.15) is 59.7 Å². The highest BCUT2D eigenvalue weighted by molar-refractivity contribution is 5.75. The molecule has 2 aromatic carbocycles. The second-order valence-electron chi connectivity index (χ2n) is 11.1. The predicted molar refractivity (Wildman–Crippen MR) is 141 cm³/mol. The van der Waals surface area contributed by atoms with Gasteiger partial charge in [0.25, 0.3) is 0 Å². The standard InChI is InChI=1S/C29H35F7N4O/c1-18-13-23(30)5-6-25(18)26-17-24(39-11-9-37(3)10-12-39)7-8-40(26)27(41)38(4)19(2)20-14-21(28(31,32)33)16-22(15-20)29(34,35)36/h5-6,13-16,19,24,26H,7-12,17H2,1-4H3/t19-,24-,26-/m1/s1. The van der Waals surface area contributed by atoms with Crippen molar-refractivity contribution in [2.45, 2.75) is 57.2 Å². The Bertz CT molecular complexity index is 1210. The van der Waals surface area contributed by atoms with Crippen molar-refractivity contribution < 1.29 is 35.5 Å². The third-order valence-corrected chi connectivity index (χ3v) is 8.44. The van der Waals surface area contributed by atoms with Gasteiger partial charge in [0.1, 0.15) is 5.82 Å². The molecule has 4 rings (SSSR count). The second-order valence-corrected chi connectivity index (χ2v) is 11.1. The van der Waals surface area contributed by atoms with Gasteiger partial charge in [-0.15, -0.1) is 0 Å². The number of carbonyl (C=O) groups excluding carboxylic acids is 1. The van der Waals surface area contributed by atoms with Crippen LogP contribution < -0.4 is 0 Å². The number of likely N-dealkylation sites (N-methyl/N-ethyl adjacent to an activating group) is 1. The number of nitrogens with zero attached hydrogens (tertiary/aromatic N) is 4. The lowest BCUT2D eigenvalue weighted by Crippen LogP contribution is -2.55. The fourth-order valence-electron chi connectivity index (χ4n) is 5.81. The van der Waals surface area contributed by atoms with Crippen LogP contribution in [0, 0.1) is 12.7 Å². The van der Waals surface area contributed by atoms with Crippen LogP contribution in [-0.2, 0) is 12.4 Å². The number of hydrogen-bond acceptors (Lipinski definition) is 3. The van der Waals surface area contributed by atoms with Crippen molar-refractivity contribution in [1.29, 1.82) is 0 Å². The number of benzene rings is 2. The number of piperidine rings is 1. The molecule has 0 radical (unpaired) electrons. The SMILES string of the molecule is Cc1cc(F)ccc1[C@H]1C[C@H](N2CCN(C)CC2)CCN1C(=O)N(C)[C@H](C)c1cc(C(F)(F)F)cc(C(F)(F)F)c1. The van der Waals surface area contributed by atoms with Gasteiger partial charge in [0, 0.05) is 45.8 Å². The van der Waals surface area contributed by atoms with E-state index in [1.165, 1.54) is 31.0 Å². The smallest absolute Gasteiger partial charge is 0.321 e. The van der Waals surface area contributed by atoms with Gasteiger partial charge in [0.15, 0.2) is 0 Å². The largest absolute Gasteiger partial charge is 0.416 e. The lowest BCUT2D eigenvalue weighted by atomic mass is 9.88. The van der Waals surface area contributed by atoms with Crippen molar-refractivity contribution in [3.63, 3.8) is 0 Å². The van der Waals surface area contributed by atoms with Crippen LogP contribution in [0.25, 0.3) is 0 Å². The molecule has 12 heteroatoms. The van der Waals surface area contributed by atoms with Crippen LogP contribution in [-0.4, -0.2) is 78.5 Å². The van der Waals surface area contributed by atoms with Crippen LogP contribution in [0.5, 0.6) is 0 Å². The summed E-state index contributed by atoms with van der Waals surface area (Å²) in [5, 5.41) is 0. The van der Waals surface area contributed by atoms with Gasteiger partial charge in [-0.05, 0) is 80.8 Å². The Hall–Kier alpha value is -2.86. The van der Waals surface area contributed by atoms with Crippen molar-refractivity contribution >= 4 is 6.03 Å². The van der Waals surface area contributed by atoms with E-state index >= 15 is 0 Å². The number of likely N-dealkylation sites (tertiary alicyclic amines) is 1. The zero-order chi connectivity index (χ0) is 30.3. The zero-order valence-electron chi connectivity index (χ0n) is 23.5. The Balaban J connectivity index is 1.64. The molecule has 2 amide bonds. The van der Waals surface area contributed by atoms with E-state index < -0.39 is 47.4 Å². The minimum Gasteiger partial charge on any atom is -0.321 e. The van der Waals surface area contributed by atoms with Crippen LogP contribution in [0.3, 0.4) is 0 Å². The summed E-state index contributed by atoms with van der Waals surface area (Å²) in [7, 11) is 3.43. The normalized spacial score (nSPS) is 22.1. The van der Waals surface area contributed by atoms with Gasteiger partial charge in [-0.1, -0.05) is 6.07 Å². The highest BCUT2D eigenvalue weighted by Gasteiger charge is 2.40. The van der Waals surface area contributed by atoms with Crippen molar-refractivity contribution in [2.75, 3.05) is 46.8 Å². The molecular weight excluding hydrogens is 553 g/mol. The second kappa shape index (κ2) is 11.8. The Morgan fingerprint density at radius 2 is 1.51 bits per heavy atom. The van der Waals surface area contributed by atoms with Crippen molar-refractivity contribution in [3.05, 3.63) is 70.0 Å². The first-order chi connectivity index (χ1) is 19.1. The maximum absolute atomic E-state index is 14.0. The molecule has 3 atom stereocenters. The molecule has 2 fully saturated rings. The van der Waals surface area contributed by atoms with Crippen LogP contribution in [0.15, 0.2) is 36.4 Å². The summed E-state index contributed by atoms with van der Waals surface area (Å²) in [6.07, 6.45) is -8.74. The van der Waals surface area contributed by atoms with E-state index in [9.17, 15) is 35.5 Å². The summed E-state index contributed by atoms with van der Waals surface area (Å²) >= 11 is 0. The number of halogens is 7. The average Bonchev–Trinajstić information content (AvgIpc) is 2.91. The van der Waals surface area contributed by atoms with E-state index in [2.05, 4.69) is 16.8 Å². The van der Waals surface area contributed by atoms with Gasteiger partial charge in [0.2, 0.25) is 0 Å². The van der Waals surface area contributed by atoms with Gasteiger partial charge < -0.3 is 14.7 Å². The van der Waals surface area contributed by atoms with Crippen LogP contribution >= 0.6 is 0 Å². The summed E-state index contributed by atoms with van der Waals surface area (Å²) in [6.45, 7) is 7.07. The minimum absolute atomic E-state index is 0.0779. The lowest BCUT2D eigenvalue weighted by molar-refractivity contribution is -0.143. The van der Waals surface area contributed by atoms with Crippen molar-refractivity contribution in [1.82, 2.24) is 19.6 Å². The zero-order valence-corrected chi connectivity index (χ0v) is 23.5. The van der Waals surface area contributed by atoms with Gasteiger partial charge >= 0.3 is 18.4 Å². The first-order valence-electron chi connectivity index (χ1n) is 13.6. The maximum Gasteiger partial charge on any atom is 0.416 e. The van der Waals surface area contributed by atoms with E-state index in [0.717, 1.165) is 31.7 Å². The Kier molecular flexibility index (Phi) is 8.94. The molecule has 0 N–H and O–H groups in total. The molecule has 226 valence electrons. The third-order valence-electron chi connectivity index (χ3n) is 8.44. The van der Waals surface area contributed by atoms with Crippen molar-refractivity contribution in [3.8, 4) is 0 Å². The van der Waals surface area contributed by atoms with Gasteiger partial charge in [-0.3, -0.25) is 4.90 Å². The van der Waals surface area contributed by atoms with Gasteiger partial charge in [-0.25, -0.2) is 9.18 Å². The first-order valence-corrected chi connectivity index (χ1v) is 13.6. The van der Waals surface area contributed by atoms with E-state index in [0.29, 0.717) is 37.1 Å². The van der Waals surface area contributed by atoms with E-state index in [1.54, 1.807) is 17.9 Å². The Labute approximate surface area is 235 Å². The summed E-state index contributed by atoms with van der Waals surface area (Å²) < 4.78 is 94.8. The molecule has 2 aliphatic rings. The molecule has 2 heterocycles. The van der Waals surface area contributed by atoms with Gasteiger partial charge in [-0.2, -0.15) is 26.3 Å². The topological polar surface area (TPSA) is 30.0 Å². The van der Waals surface area contributed by atoms with E-state index in [1.807, 2.05) is 0 Å². The first kappa shape index (κ1) is 31.1. The van der Waals surface area contributed by atoms with Crippen molar-refractivity contribution in [2.24, 2.45) is 0 Å². The fourth-order valence-corrected chi connectivity index (χ4v) is 5.81. The molecule has 0 spiro atoms. The summed E-state index contributed by atoms with van der Waals surface area (Å²) in [5.74, 6) is -0.411. The highest BCUT2D eigenvalue weighted by Crippen LogP contribution is 2.40. The molecule has 0 unspecified atom stereocenters. The van der Waals surface area contributed by atoms with Gasteiger partial charge in [0.05, 0.1) is 23.2 Å². The summed E-state index contributed by atoms with van der Waals surface area (Å²) in [6, 6.07) is 3.89. The molecule has 5 nitrogen and oxygen atoms in total. The number of carbonyl (C=O) groups is 1. The molecule has 2 aromatic rings. The fraction of sp³-hybridized carbons (Fsp3) is 0.552. The number of aryl methyl sites for hydroxylation is 1. The highest BCUT2D eigenvalue weighted by atomic mass is 19.4. The number of alkyl halides is 6. The van der Waals surface area contributed by atoms with E-state index in [-0.39, 0.29) is 17.7 Å². The molecule has 0 aliphatic carbocycles. The Morgan fingerprint density at radius 3 is 2.05 bits per heavy atom. The number of urea groups is 1. The summed E-state index contributed by atoms with van der Waals surface area (Å²) in [5.41, 5.74) is -1.70. The average molecular weight is 589 g/mol. The number of rotatable bonds is 4. The monoisotopic (exact) mass is 588 g/mol. The predicted octanol–water partition coefficient (Wildman–Crippen LogP) is 6.74. The Morgan fingerprint density at radius 1 is 0.927 bits per heavy atom. The molecule has 41 heavy (non-hydrogen) atoms. The van der Waals surface area contributed by atoms with Crippen LogP contribution in [0.4, 0.5) is 35.5 Å². The molecule has 2 saturated heterocycles. The van der Waals surface area contributed by atoms with E-state index in [4.69, 9.17) is 0 Å². The quantitative estimate of drug-likeness (QED) is 0.371. The molecule has 0 saturated carbocycles. The summed E-state index contributed by atoms with van der Waals surface area (Å²) in [4.78, 5) is 21.3. The number of piperazine rings is 1. The molecular formula is C29H35F7N4O. The molecule has 2 aliphatic heterocycles. The number of hydrogen-bond donors (Lipinski definition) is 0. The molecule has 0 bridgehead atoms. The maximum atomic E-state index is 14.0. The number of amides is 2. The third kappa shape index (κ3) is 6.97. The minimum atomic E-state index is -4.99. The van der Waals surface area contributed by atoms with Crippen LogP contribution in [0.2, 0.25) is 0 Å². The lowest BCUT2D eigenvalue weighted by Gasteiger charge is -2.47.